The Kier molecular flexibility index (Phi) is 6.39. The van der Waals surface area contributed by atoms with E-state index in [-0.39, 0.29) is 10.6 Å². The van der Waals surface area contributed by atoms with Gasteiger partial charge in [0.25, 0.3) is 0 Å². The minimum absolute atomic E-state index is 0.106. The fourth-order valence-electron chi connectivity index (χ4n) is 2.00. The lowest BCUT2D eigenvalue weighted by molar-refractivity contribution is 0.249. The Morgan fingerprint density at radius 3 is 2.44 bits per heavy atom. The SMILES string of the molecule is CC(=NNC(N)=O)c1ccc(NS(C)(=O)=O)c(Sc2ccc(F)cc2F)c1. The highest BCUT2D eigenvalue weighted by Crippen LogP contribution is 2.36. The van der Waals surface area contributed by atoms with Gasteiger partial charge in [-0.05, 0) is 36.8 Å². The molecule has 0 aliphatic rings. The number of hydrogen-bond acceptors (Lipinski definition) is 5. The first-order valence-electron chi connectivity index (χ1n) is 7.40. The molecule has 4 N–H and O–H groups in total. The van der Waals surface area contributed by atoms with Crippen molar-refractivity contribution in [2.24, 2.45) is 10.8 Å². The van der Waals surface area contributed by atoms with Gasteiger partial charge in [-0.3, -0.25) is 4.72 Å². The number of primary amides is 1. The van der Waals surface area contributed by atoms with E-state index >= 15 is 0 Å². The highest BCUT2D eigenvalue weighted by Gasteiger charge is 2.14. The Bertz CT molecular complexity index is 1010. The van der Waals surface area contributed by atoms with Crippen LogP contribution in [0.15, 0.2) is 51.3 Å². The number of carbonyl (C=O) groups excluding carboxylic acids is 1. The van der Waals surface area contributed by atoms with Crippen LogP contribution < -0.4 is 15.9 Å². The smallest absolute Gasteiger partial charge is 0.332 e. The summed E-state index contributed by atoms with van der Waals surface area (Å²) < 4.78 is 52.6. The molecule has 0 bridgehead atoms. The van der Waals surface area contributed by atoms with Crippen molar-refractivity contribution in [2.45, 2.75) is 16.7 Å². The molecule has 0 saturated carbocycles. The van der Waals surface area contributed by atoms with Crippen molar-refractivity contribution in [3.8, 4) is 0 Å². The molecular formula is C16H16F2N4O3S2. The number of sulfonamides is 1. The van der Waals surface area contributed by atoms with Crippen LogP contribution in [-0.4, -0.2) is 26.4 Å². The van der Waals surface area contributed by atoms with Crippen LogP contribution in [0.25, 0.3) is 0 Å². The average Bonchev–Trinajstić information content (AvgIpc) is 2.55. The molecule has 0 atom stereocenters. The van der Waals surface area contributed by atoms with E-state index in [4.69, 9.17) is 5.73 Å². The van der Waals surface area contributed by atoms with Gasteiger partial charge in [-0.2, -0.15) is 5.10 Å². The number of nitrogens with one attached hydrogen (secondary N) is 2. The Hall–Kier alpha value is -2.66. The number of nitrogens with zero attached hydrogens (tertiary/aromatic N) is 1. The van der Waals surface area contributed by atoms with Crippen LogP contribution in [0.2, 0.25) is 0 Å². The first kappa shape index (κ1) is 20.6. The number of hydrogen-bond donors (Lipinski definition) is 3. The summed E-state index contributed by atoms with van der Waals surface area (Å²) in [5.74, 6) is -1.50. The first-order valence-corrected chi connectivity index (χ1v) is 10.1. The lowest BCUT2D eigenvalue weighted by Crippen LogP contribution is -2.25. The second kappa shape index (κ2) is 8.35. The van der Waals surface area contributed by atoms with Crippen molar-refractivity contribution < 1.29 is 22.0 Å². The zero-order valence-corrected chi connectivity index (χ0v) is 15.9. The van der Waals surface area contributed by atoms with Gasteiger partial charge in [0.15, 0.2) is 0 Å². The van der Waals surface area contributed by atoms with Crippen LogP contribution in [0, 0.1) is 11.6 Å². The number of hydrazone groups is 1. The lowest BCUT2D eigenvalue weighted by atomic mass is 10.1. The van der Waals surface area contributed by atoms with Crippen molar-refractivity contribution in [1.82, 2.24) is 5.43 Å². The summed E-state index contributed by atoms with van der Waals surface area (Å²) in [4.78, 5) is 11.2. The first-order chi connectivity index (χ1) is 12.5. The molecule has 11 heteroatoms. The normalized spacial score (nSPS) is 11.9. The minimum atomic E-state index is -3.58. The van der Waals surface area contributed by atoms with Gasteiger partial charge < -0.3 is 5.73 Å². The molecule has 7 nitrogen and oxygen atoms in total. The predicted molar refractivity (Wildman–Crippen MR) is 100 cm³/mol. The largest absolute Gasteiger partial charge is 0.350 e. The topological polar surface area (TPSA) is 114 Å². The Labute approximate surface area is 159 Å². The van der Waals surface area contributed by atoms with E-state index in [2.05, 4.69) is 15.2 Å². The second-order valence-corrected chi connectivity index (χ2v) is 8.27. The van der Waals surface area contributed by atoms with Crippen molar-refractivity contribution >= 4 is 39.2 Å². The van der Waals surface area contributed by atoms with Gasteiger partial charge in [-0.15, -0.1) is 0 Å². The van der Waals surface area contributed by atoms with E-state index in [0.717, 1.165) is 30.2 Å². The van der Waals surface area contributed by atoms with Crippen LogP contribution in [-0.2, 0) is 10.0 Å². The Morgan fingerprint density at radius 1 is 1.15 bits per heavy atom. The second-order valence-electron chi connectivity index (χ2n) is 5.44. The molecule has 0 fully saturated rings. The molecule has 27 heavy (non-hydrogen) atoms. The monoisotopic (exact) mass is 414 g/mol. The third-order valence-corrected chi connectivity index (χ3v) is 4.84. The molecule has 0 radical (unpaired) electrons. The number of urea groups is 1. The number of carbonyl (C=O) groups is 1. The van der Waals surface area contributed by atoms with Crippen molar-refractivity contribution in [1.29, 1.82) is 0 Å². The van der Waals surface area contributed by atoms with E-state index in [9.17, 15) is 22.0 Å². The Morgan fingerprint density at radius 2 is 1.85 bits per heavy atom. The number of benzene rings is 2. The average molecular weight is 414 g/mol. The summed E-state index contributed by atoms with van der Waals surface area (Å²) in [7, 11) is -3.58. The lowest BCUT2D eigenvalue weighted by Gasteiger charge is -2.13. The van der Waals surface area contributed by atoms with Gasteiger partial charge in [0.2, 0.25) is 10.0 Å². The van der Waals surface area contributed by atoms with Crippen LogP contribution in [0.3, 0.4) is 0 Å². The van der Waals surface area contributed by atoms with Crippen molar-refractivity contribution in [3.05, 3.63) is 53.6 Å². The summed E-state index contributed by atoms with van der Waals surface area (Å²) in [6, 6.07) is 6.85. The molecule has 0 spiro atoms. The summed E-state index contributed by atoms with van der Waals surface area (Å²) in [5, 5.41) is 3.80. The summed E-state index contributed by atoms with van der Waals surface area (Å²) >= 11 is 0.911. The molecule has 2 aromatic rings. The molecule has 144 valence electrons. The molecule has 0 aromatic heterocycles. The van der Waals surface area contributed by atoms with Crippen molar-refractivity contribution in [2.75, 3.05) is 11.0 Å². The highest BCUT2D eigenvalue weighted by molar-refractivity contribution is 7.99. The van der Waals surface area contributed by atoms with Gasteiger partial charge in [-0.1, -0.05) is 17.8 Å². The third-order valence-electron chi connectivity index (χ3n) is 3.14. The molecule has 0 saturated heterocycles. The molecular weight excluding hydrogens is 398 g/mol. The predicted octanol–water partition coefficient (Wildman–Crippen LogP) is 2.88. The van der Waals surface area contributed by atoms with Gasteiger partial charge in [0, 0.05) is 15.9 Å². The van der Waals surface area contributed by atoms with Crippen molar-refractivity contribution in [3.63, 3.8) is 0 Å². The van der Waals surface area contributed by atoms with Gasteiger partial charge in [0.1, 0.15) is 11.6 Å². The van der Waals surface area contributed by atoms with E-state index in [0.29, 0.717) is 16.2 Å². The maximum atomic E-state index is 14.0. The van der Waals surface area contributed by atoms with Crippen LogP contribution >= 0.6 is 11.8 Å². The van der Waals surface area contributed by atoms with Gasteiger partial charge >= 0.3 is 6.03 Å². The highest BCUT2D eigenvalue weighted by atomic mass is 32.2. The standard InChI is InChI=1S/C16H16F2N4O3S2/c1-9(20-21-16(19)23)10-3-5-13(22-27(2,24)25)15(7-10)26-14-6-4-11(17)8-12(14)18/h3-8,22H,1-2H3,(H3,19,21,23). The zero-order chi connectivity index (χ0) is 20.2. The summed E-state index contributed by atoms with van der Waals surface area (Å²) in [6.45, 7) is 1.60. The van der Waals surface area contributed by atoms with E-state index < -0.39 is 27.7 Å². The fraction of sp³-hybridized carbons (Fsp3) is 0.125. The molecule has 0 heterocycles. The molecule has 0 unspecified atom stereocenters. The molecule has 0 aliphatic heterocycles. The maximum absolute atomic E-state index is 14.0. The van der Waals surface area contributed by atoms with Crippen LogP contribution in [0.1, 0.15) is 12.5 Å². The van der Waals surface area contributed by atoms with Gasteiger partial charge in [0.05, 0.1) is 17.7 Å². The van der Waals surface area contributed by atoms with Crippen LogP contribution in [0.4, 0.5) is 19.3 Å². The number of halogens is 2. The van der Waals surface area contributed by atoms with Crippen LogP contribution in [0.5, 0.6) is 0 Å². The maximum Gasteiger partial charge on any atom is 0.332 e. The molecule has 2 aromatic carbocycles. The van der Waals surface area contributed by atoms with E-state index in [1.54, 1.807) is 19.1 Å². The van der Waals surface area contributed by atoms with E-state index in [1.165, 1.54) is 12.1 Å². The summed E-state index contributed by atoms with van der Waals surface area (Å²) in [6.07, 6.45) is 0.983. The third kappa shape index (κ3) is 6.22. The van der Waals surface area contributed by atoms with E-state index in [1.807, 2.05) is 0 Å². The molecule has 0 aliphatic carbocycles. The van der Waals surface area contributed by atoms with Gasteiger partial charge in [-0.25, -0.2) is 27.4 Å². The molecule has 2 rings (SSSR count). The molecule has 2 amide bonds. The minimum Gasteiger partial charge on any atom is -0.350 e. The number of anilines is 1. The zero-order valence-electron chi connectivity index (χ0n) is 14.3. The number of amides is 2. The number of rotatable bonds is 6. The number of nitrogens with two attached hydrogens (primary N) is 1. The summed E-state index contributed by atoms with van der Waals surface area (Å²) in [5.41, 5.74) is 8.19. The fourth-order valence-corrected chi connectivity index (χ4v) is 3.58. The quantitative estimate of drug-likeness (QED) is 0.498. The Balaban J connectivity index is 2.47.